The van der Waals surface area contributed by atoms with E-state index in [4.69, 9.17) is 4.74 Å². The summed E-state index contributed by atoms with van der Waals surface area (Å²) in [6.45, 7) is 13.5. The first-order chi connectivity index (χ1) is 14.6. The molecule has 2 aliphatic heterocycles. The molecule has 1 N–H and O–H groups in total. The lowest BCUT2D eigenvalue weighted by atomic mass is 9.97. The predicted octanol–water partition coefficient (Wildman–Crippen LogP) is 2.95. The summed E-state index contributed by atoms with van der Waals surface area (Å²) < 4.78 is 5.35. The van der Waals surface area contributed by atoms with Crippen LogP contribution in [0.5, 0.6) is 0 Å². The Labute approximate surface area is 186 Å². The van der Waals surface area contributed by atoms with Crippen molar-refractivity contribution >= 4 is 12.0 Å². The minimum absolute atomic E-state index is 0.0277. The van der Waals surface area contributed by atoms with Gasteiger partial charge in [-0.25, -0.2) is 4.79 Å². The van der Waals surface area contributed by atoms with Crippen molar-refractivity contribution in [3.8, 4) is 0 Å². The molecule has 0 spiro atoms. The molecular formula is C24H38N4O3. The number of hydrogen-bond donors (Lipinski definition) is 1. The average molecular weight is 431 g/mol. The van der Waals surface area contributed by atoms with E-state index >= 15 is 0 Å². The van der Waals surface area contributed by atoms with Crippen LogP contribution in [0.15, 0.2) is 24.3 Å². The second-order valence-electron chi connectivity index (χ2n) is 9.99. The van der Waals surface area contributed by atoms with Crippen LogP contribution in [0.4, 0.5) is 4.79 Å². The first-order valence-corrected chi connectivity index (χ1v) is 11.4. The number of carbonyl (C=O) groups excluding carboxylic acids is 2. The molecule has 2 atom stereocenters. The summed E-state index contributed by atoms with van der Waals surface area (Å²) in [7, 11) is 2.16. The molecule has 1 aromatic carbocycles. The molecule has 2 saturated heterocycles. The maximum atomic E-state index is 13.1. The second-order valence-corrected chi connectivity index (χ2v) is 9.99. The van der Waals surface area contributed by atoms with Crippen molar-refractivity contribution < 1.29 is 14.3 Å². The molecule has 2 fully saturated rings. The van der Waals surface area contributed by atoms with Crippen molar-refractivity contribution in [2.45, 2.75) is 64.8 Å². The Bertz CT molecular complexity index is 751. The Morgan fingerprint density at radius 2 is 1.71 bits per heavy atom. The van der Waals surface area contributed by atoms with Crippen LogP contribution in [-0.2, 0) is 11.3 Å². The third-order valence-corrected chi connectivity index (χ3v) is 6.06. The topological polar surface area (TPSA) is 65.1 Å². The van der Waals surface area contributed by atoms with E-state index in [0.717, 1.165) is 51.1 Å². The van der Waals surface area contributed by atoms with Gasteiger partial charge in [0.1, 0.15) is 5.60 Å². The SMILES string of the molecule is C[C@@H]1C[C@H](NC(=O)OC(C)(C)C)CCN1C(=O)c1ccc(CN2CCN(C)CC2)cc1. The standard InChI is InChI=1S/C24H38N4O3/c1-18-16-21(25-23(30)31-24(2,3)4)10-11-28(18)22(29)20-8-6-19(7-9-20)17-27-14-12-26(5)13-15-27/h6-9,18,21H,10-17H2,1-5H3,(H,25,30)/t18-,21-/m1/s1. The fourth-order valence-corrected chi connectivity index (χ4v) is 4.26. The van der Waals surface area contributed by atoms with E-state index in [1.807, 2.05) is 44.7 Å². The van der Waals surface area contributed by atoms with E-state index in [1.54, 1.807) is 0 Å². The van der Waals surface area contributed by atoms with Crippen LogP contribution < -0.4 is 5.32 Å². The maximum Gasteiger partial charge on any atom is 0.407 e. The van der Waals surface area contributed by atoms with Crippen LogP contribution >= 0.6 is 0 Å². The lowest BCUT2D eigenvalue weighted by Gasteiger charge is -2.38. The van der Waals surface area contributed by atoms with Crippen molar-refractivity contribution in [2.75, 3.05) is 39.8 Å². The number of likely N-dealkylation sites (tertiary alicyclic amines) is 1. The number of nitrogens with one attached hydrogen (secondary N) is 1. The van der Waals surface area contributed by atoms with E-state index in [1.165, 1.54) is 5.56 Å². The normalized spacial score (nSPS) is 23.5. The molecule has 2 amide bonds. The summed E-state index contributed by atoms with van der Waals surface area (Å²) in [6, 6.07) is 8.14. The molecule has 7 nitrogen and oxygen atoms in total. The minimum Gasteiger partial charge on any atom is -0.444 e. The van der Waals surface area contributed by atoms with Crippen LogP contribution in [-0.4, -0.2) is 84.2 Å². The highest BCUT2D eigenvalue weighted by Crippen LogP contribution is 2.21. The smallest absolute Gasteiger partial charge is 0.407 e. The van der Waals surface area contributed by atoms with E-state index in [-0.39, 0.29) is 24.1 Å². The van der Waals surface area contributed by atoms with Crippen molar-refractivity contribution in [2.24, 2.45) is 0 Å². The highest BCUT2D eigenvalue weighted by molar-refractivity contribution is 5.94. The van der Waals surface area contributed by atoms with Gasteiger partial charge in [0.05, 0.1) is 0 Å². The van der Waals surface area contributed by atoms with E-state index in [9.17, 15) is 9.59 Å². The summed E-state index contributed by atoms with van der Waals surface area (Å²) in [6.07, 6.45) is 1.07. The largest absolute Gasteiger partial charge is 0.444 e. The van der Waals surface area contributed by atoms with Crippen LogP contribution in [0.2, 0.25) is 0 Å². The zero-order chi connectivity index (χ0) is 22.6. The summed E-state index contributed by atoms with van der Waals surface area (Å²) in [5.41, 5.74) is 1.46. The Kier molecular flexibility index (Phi) is 7.59. The number of rotatable bonds is 4. The molecule has 172 valence electrons. The number of amides is 2. The van der Waals surface area contributed by atoms with Crippen molar-refractivity contribution in [3.05, 3.63) is 35.4 Å². The number of alkyl carbamates (subject to hydrolysis) is 1. The molecule has 7 heteroatoms. The highest BCUT2D eigenvalue weighted by atomic mass is 16.6. The van der Waals surface area contributed by atoms with E-state index in [2.05, 4.69) is 34.3 Å². The van der Waals surface area contributed by atoms with Gasteiger partial charge in [-0.3, -0.25) is 9.69 Å². The number of ether oxygens (including phenoxy) is 1. The molecule has 0 bridgehead atoms. The third kappa shape index (κ3) is 6.94. The molecule has 3 rings (SSSR count). The number of piperidine rings is 1. The number of likely N-dealkylation sites (N-methyl/N-ethyl adjacent to an activating group) is 1. The zero-order valence-electron chi connectivity index (χ0n) is 19.7. The first-order valence-electron chi connectivity index (χ1n) is 11.4. The zero-order valence-corrected chi connectivity index (χ0v) is 19.7. The molecular weight excluding hydrogens is 392 g/mol. The van der Waals surface area contributed by atoms with Gasteiger partial charge >= 0.3 is 6.09 Å². The van der Waals surface area contributed by atoms with Gasteiger partial charge in [0, 0.05) is 56.9 Å². The first kappa shape index (κ1) is 23.5. The average Bonchev–Trinajstić information content (AvgIpc) is 2.68. The van der Waals surface area contributed by atoms with Crippen LogP contribution in [0.25, 0.3) is 0 Å². The number of benzene rings is 1. The summed E-state index contributed by atoms with van der Waals surface area (Å²) in [5.74, 6) is 0.0642. The van der Waals surface area contributed by atoms with Gasteiger partial charge in [0.15, 0.2) is 0 Å². The third-order valence-electron chi connectivity index (χ3n) is 6.06. The number of nitrogens with zero attached hydrogens (tertiary/aromatic N) is 3. The lowest BCUT2D eigenvalue weighted by Crippen LogP contribution is -2.51. The second kappa shape index (κ2) is 10.0. The Balaban J connectivity index is 1.50. The van der Waals surface area contributed by atoms with E-state index in [0.29, 0.717) is 6.54 Å². The molecule has 1 aromatic rings. The van der Waals surface area contributed by atoms with Gasteiger partial charge in [-0.2, -0.15) is 0 Å². The van der Waals surface area contributed by atoms with Gasteiger partial charge in [-0.15, -0.1) is 0 Å². The van der Waals surface area contributed by atoms with Crippen molar-refractivity contribution in [3.63, 3.8) is 0 Å². The number of hydrogen-bond acceptors (Lipinski definition) is 5. The van der Waals surface area contributed by atoms with Crippen LogP contribution in [0, 0.1) is 0 Å². The van der Waals surface area contributed by atoms with Crippen molar-refractivity contribution in [1.82, 2.24) is 20.0 Å². The number of carbonyl (C=O) groups is 2. The quantitative estimate of drug-likeness (QED) is 0.796. The number of piperazine rings is 1. The fourth-order valence-electron chi connectivity index (χ4n) is 4.26. The molecule has 0 saturated carbocycles. The molecule has 2 aliphatic rings. The molecule has 0 radical (unpaired) electrons. The molecule has 31 heavy (non-hydrogen) atoms. The molecule has 0 aromatic heterocycles. The Hall–Kier alpha value is -2.12. The van der Waals surface area contributed by atoms with Crippen LogP contribution in [0.3, 0.4) is 0 Å². The highest BCUT2D eigenvalue weighted by Gasteiger charge is 2.31. The lowest BCUT2D eigenvalue weighted by molar-refractivity contribution is 0.0440. The monoisotopic (exact) mass is 430 g/mol. The van der Waals surface area contributed by atoms with Gasteiger partial charge in [-0.05, 0) is 65.3 Å². The van der Waals surface area contributed by atoms with Gasteiger partial charge in [0.2, 0.25) is 0 Å². The van der Waals surface area contributed by atoms with Gasteiger partial charge in [-0.1, -0.05) is 12.1 Å². The van der Waals surface area contributed by atoms with Gasteiger partial charge in [0.25, 0.3) is 5.91 Å². The predicted molar refractivity (Wildman–Crippen MR) is 122 cm³/mol. The summed E-state index contributed by atoms with van der Waals surface area (Å²) in [5, 5.41) is 2.95. The summed E-state index contributed by atoms with van der Waals surface area (Å²) in [4.78, 5) is 31.8. The Morgan fingerprint density at radius 1 is 1.06 bits per heavy atom. The van der Waals surface area contributed by atoms with E-state index < -0.39 is 5.60 Å². The summed E-state index contributed by atoms with van der Waals surface area (Å²) >= 11 is 0. The minimum atomic E-state index is -0.511. The fraction of sp³-hybridized carbons (Fsp3) is 0.667. The molecule has 2 heterocycles. The maximum absolute atomic E-state index is 13.1. The van der Waals surface area contributed by atoms with Crippen molar-refractivity contribution in [1.29, 1.82) is 0 Å². The molecule has 0 unspecified atom stereocenters. The van der Waals surface area contributed by atoms with Gasteiger partial charge < -0.3 is 19.9 Å². The molecule has 0 aliphatic carbocycles. The Morgan fingerprint density at radius 3 is 2.29 bits per heavy atom. The van der Waals surface area contributed by atoms with Crippen LogP contribution in [0.1, 0.15) is 56.5 Å².